The van der Waals surface area contributed by atoms with E-state index in [0.717, 1.165) is 32.4 Å². The van der Waals surface area contributed by atoms with E-state index in [9.17, 15) is 4.79 Å². The Morgan fingerprint density at radius 3 is 2.60 bits per heavy atom. The second-order valence-electron chi connectivity index (χ2n) is 4.89. The van der Waals surface area contributed by atoms with E-state index in [1.54, 1.807) is 0 Å². The average Bonchev–Trinajstić information content (AvgIpc) is 2.65. The van der Waals surface area contributed by atoms with Gasteiger partial charge in [-0.2, -0.15) is 0 Å². The maximum absolute atomic E-state index is 11.9. The monoisotopic (exact) mass is 210 g/mol. The Bertz CT molecular complexity index is 204. The first-order valence-electron chi connectivity index (χ1n) is 6.37. The predicted octanol–water partition coefficient (Wildman–Crippen LogP) is 1.43. The van der Waals surface area contributed by atoms with Crippen LogP contribution in [0.15, 0.2) is 0 Å². The molecule has 0 aromatic heterocycles. The summed E-state index contributed by atoms with van der Waals surface area (Å²) in [5.74, 6) is 0.620. The molecule has 1 saturated heterocycles. The third-order valence-corrected chi connectivity index (χ3v) is 3.62. The molecule has 3 heteroatoms. The number of nitrogens with one attached hydrogen (secondary N) is 2. The van der Waals surface area contributed by atoms with Gasteiger partial charge in [0.15, 0.2) is 0 Å². The fourth-order valence-corrected chi connectivity index (χ4v) is 2.65. The Labute approximate surface area is 92.0 Å². The standard InChI is InChI=1S/C12H22N2O/c15-12(10-5-1-2-6-10)14-11-7-3-4-8-13-9-11/h10-11,13H,1-9H2,(H,14,15). The SMILES string of the molecule is O=C(NC1CCCCNC1)C1CCCC1. The van der Waals surface area contributed by atoms with Crippen molar-refractivity contribution in [3.8, 4) is 0 Å². The molecular formula is C12H22N2O. The minimum Gasteiger partial charge on any atom is -0.352 e. The third kappa shape index (κ3) is 3.20. The van der Waals surface area contributed by atoms with Crippen LogP contribution in [0.1, 0.15) is 44.9 Å². The molecule has 1 atom stereocenters. The molecule has 0 aromatic rings. The maximum Gasteiger partial charge on any atom is 0.223 e. The Hall–Kier alpha value is -0.570. The zero-order chi connectivity index (χ0) is 10.5. The van der Waals surface area contributed by atoms with Crippen LogP contribution < -0.4 is 10.6 Å². The summed E-state index contributed by atoms with van der Waals surface area (Å²) < 4.78 is 0. The summed E-state index contributed by atoms with van der Waals surface area (Å²) in [6, 6.07) is 0.376. The van der Waals surface area contributed by atoms with E-state index in [0.29, 0.717) is 17.9 Å². The van der Waals surface area contributed by atoms with E-state index in [1.807, 2.05) is 0 Å². The molecule has 1 aliphatic heterocycles. The molecule has 1 aliphatic carbocycles. The summed E-state index contributed by atoms with van der Waals surface area (Å²) in [5.41, 5.74) is 0. The highest BCUT2D eigenvalue weighted by Gasteiger charge is 2.24. The van der Waals surface area contributed by atoms with Gasteiger partial charge in [-0.05, 0) is 32.2 Å². The third-order valence-electron chi connectivity index (χ3n) is 3.62. The van der Waals surface area contributed by atoms with Crippen molar-refractivity contribution >= 4 is 5.91 Å². The Morgan fingerprint density at radius 1 is 1.07 bits per heavy atom. The number of hydrogen-bond acceptors (Lipinski definition) is 2. The van der Waals surface area contributed by atoms with E-state index >= 15 is 0 Å². The van der Waals surface area contributed by atoms with Gasteiger partial charge in [0.05, 0.1) is 0 Å². The Morgan fingerprint density at radius 2 is 1.80 bits per heavy atom. The lowest BCUT2D eigenvalue weighted by Gasteiger charge is -2.18. The van der Waals surface area contributed by atoms with Gasteiger partial charge in [-0.25, -0.2) is 0 Å². The molecule has 1 saturated carbocycles. The summed E-state index contributed by atoms with van der Waals surface area (Å²) >= 11 is 0. The number of amides is 1. The van der Waals surface area contributed by atoms with Gasteiger partial charge in [-0.1, -0.05) is 19.3 Å². The first-order chi connectivity index (χ1) is 7.36. The molecule has 3 nitrogen and oxygen atoms in total. The van der Waals surface area contributed by atoms with Crippen LogP contribution in [0.4, 0.5) is 0 Å². The molecule has 0 aromatic carbocycles. The van der Waals surface area contributed by atoms with Crippen LogP contribution in [0.25, 0.3) is 0 Å². The zero-order valence-corrected chi connectivity index (χ0v) is 9.43. The fraction of sp³-hybridized carbons (Fsp3) is 0.917. The van der Waals surface area contributed by atoms with Crippen molar-refractivity contribution in [2.24, 2.45) is 5.92 Å². The van der Waals surface area contributed by atoms with E-state index in [1.165, 1.54) is 25.7 Å². The van der Waals surface area contributed by atoms with Crippen LogP contribution in [-0.2, 0) is 4.79 Å². The lowest BCUT2D eigenvalue weighted by atomic mass is 10.1. The summed E-state index contributed by atoms with van der Waals surface area (Å²) in [6.07, 6.45) is 8.31. The predicted molar refractivity (Wildman–Crippen MR) is 60.6 cm³/mol. The van der Waals surface area contributed by atoms with Crippen molar-refractivity contribution in [2.75, 3.05) is 13.1 Å². The molecule has 2 fully saturated rings. The van der Waals surface area contributed by atoms with Crippen molar-refractivity contribution in [1.82, 2.24) is 10.6 Å². The quantitative estimate of drug-likeness (QED) is 0.724. The van der Waals surface area contributed by atoms with Crippen molar-refractivity contribution in [3.05, 3.63) is 0 Å². The Balaban J connectivity index is 1.76. The molecule has 2 aliphatic rings. The van der Waals surface area contributed by atoms with Gasteiger partial charge in [-0.15, -0.1) is 0 Å². The first-order valence-corrected chi connectivity index (χ1v) is 6.37. The van der Waals surface area contributed by atoms with Crippen LogP contribution >= 0.6 is 0 Å². The molecule has 1 heterocycles. The molecule has 0 radical (unpaired) electrons. The van der Waals surface area contributed by atoms with Crippen molar-refractivity contribution < 1.29 is 4.79 Å². The fourth-order valence-electron chi connectivity index (χ4n) is 2.65. The van der Waals surface area contributed by atoms with Crippen molar-refractivity contribution in [3.63, 3.8) is 0 Å². The summed E-state index contributed by atoms with van der Waals surface area (Å²) in [7, 11) is 0. The zero-order valence-electron chi connectivity index (χ0n) is 9.43. The highest BCUT2D eigenvalue weighted by Crippen LogP contribution is 2.24. The molecule has 1 unspecified atom stereocenters. The van der Waals surface area contributed by atoms with E-state index in [-0.39, 0.29) is 0 Å². The molecule has 2 N–H and O–H groups in total. The number of carbonyl (C=O) groups excluding carboxylic acids is 1. The Kier molecular flexibility index (Phi) is 4.01. The van der Waals surface area contributed by atoms with Gasteiger partial charge in [0.2, 0.25) is 5.91 Å². The second kappa shape index (κ2) is 5.50. The number of hydrogen-bond donors (Lipinski definition) is 2. The average molecular weight is 210 g/mol. The summed E-state index contributed by atoms with van der Waals surface area (Å²) in [5, 5.41) is 6.58. The topological polar surface area (TPSA) is 41.1 Å². The molecule has 2 rings (SSSR count). The number of carbonyl (C=O) groups is 1. The minimum absolute atomic E-state index is 0.307. The van der Waals surface area contributed by atoms with Crippen molar-refractivity contribution in [1.29, 1.82) is 0 Å². The van der Waals surface area contributed by atoms with Crippen LogP contribution in [0.3, 0.4) is 0 Å². The van der Waals surface area contributed by atoms with Crippen LogP contribution in [0.2, 0.25) is 0 Å². The van der Waals surface area contributed by atoms with Gasteiger partial charge >= 0.3 is 0 Å². The maximum atomic E-state index is 11.9. The second-order valence-corrected chi connectivity index (χ2v) is 4.89. The largest absolute Gasteiger partial charge is 0.352 e. The van der Waals surface area contributed by atoms with Crippen LogP contribution in [0, 0.1) is 5.92 Å². The van der Waals surface area contributed by atoms with Gasteiger partial charge in [0, 0.05) is 18.5 Å². The minimum atomic E-state index is 0.307. The molecule has 15 heavy (non-hydrogen) atoms. The van der Waals surface area contributed by atoms with E-state index < -0.39 is 0 Å². The molecule has 0 spiro atoms. The molecular weight excluding hydrogens is 188 g/mol. The molecule has 1 amide bonds. The number of rotatable bonds is 2. The highest BCUT2D eigenvalue weighted by atomic mass is 16.1. The van der Waals surface area contributed by atoms with Gasteiger partial charge in [0.25, 0.3) is 0 Å². The lowest BCUT2D eigenvalue weighted by Crippen LogP contribution is -2.43. The lowest BCUT2D eigenvalue weighted by molar-refractivity contribution is -0.125. The molecule has 86 valence electrons. The summed E-state index contributed by atoms with van der Waals surface area (Å²) in [6.45, 7) is 2.06. The molecule has 0 bridgehead atoms. The summed E-state index contributed by atoms with van der Waals surface area (Å²) in [4.78, 5) is 11.9. The van der Waals surface area contributed by atoms with Crippen molar-refractivity contribution in [2.45, 2.75) is 51.0 Å². The van der Waals surface area contributed by atoms with Gasteiger partial charge in [0.1, 0.15) is 0 Å². The smallest absolute Gasteiger partial charge is 0.223 e. The first kappa shape index (κ1) is 10.9. The highest BCUT2D eigenvalue weighted by molar-refractivity contribution is 5.79. The van der Waals surface area contributed by atoms with Gasteiger partial charge < -0.3 is 10.6 Å². The normalized spacial score (nSPS) is 28.7. The van der Waals surface area contributed by atoms with Crippen LogP contribution in [-0.4, -0.2) is 25.0 Å². The van der Waals surface area contributed by atoms with Gasteiger partial charge in [-0.3, -0.25) is 4.79 Å². The van der Waals surface area contributed by atoms with E-state index in [4.69, 9.17) is 0 Å². The van der Waals surface area contributed by atoms with Crippen LogP contribution in [0.5, 0.6) is 0 Å². The van der Waals surface area contributed by atoms with E-state index in [2.05, 4.69) is 10.6 Å².